The van der Waals surface area contributed by atoms with E-state index in [1.54, 1.807) is 0 Å². The smallest absolute Gasteiger partial charge is 0.143 e. The van der Waals surface area contributed by atoms with Gasteiger partial charge in [-0.05, 0) is 67.1 Å². The zero-order chi connectivity index (χ0) is 28.9. The highest BCUT2D eigenvalue weighted by molar-refractivity contribution is 6.24. The van der Waals surface area contributed by atoms with Crippen molar-refractivity contribution in [1.29, 1.82) is 0 Å². The molecule has 0 aliphatic carbocycles. The van der Waals surface area contributed by atoms with Crippen LogP contribution in [0.25, 0.3) is 89.0 Å². The van der Waals surface area contributed by atoms with Gasteiger partial charge in [-0.15, -0.1) is 0 Å². The van der Waals surface area contributed by atoms with Gasteiger partial charge in [-0.3, -0.25) is 0 Å². The molecule has 0 atom stereocenters. The lowest BCUT2D eigenvalue weighted by Gasteiger charge is -2.18. The van der Waals surface area contributed by atoms with Crippen LogP contribution in [0.15, 0.2) is 151 Å². The average molecular weight is 549 g/mol. The summed E-state index contributed by atoms with van der Waals surface area (Å²) in [5, 5.41) is 7.15. The van der Waals surface area contributed by atoms with Crippen LogP contribution in [0.1, 0.15) is 11.1 Å². The van der Waals surface area contributed by atoms with Gasteiger partial charge >= 0.3 is 0 Å². The number of benzene rings is 7. The molecule has 0 aliphatic heterocycles. The van der Waals surface area contributed by atoms with Gasteiger partial charge in [0.05, 0.1) is 0 Å². The van der Waals surface area contributed by atoms with Gasteiger partial charge < -0.3 is 4.42 Å². The molecule has 7 aromatic carbocycles. The number of fused-ring (bicyclic) bond motifs is 5. The minimum atomic E-state index is 0.912. The topological polar surface area (TPSA) is 13.1 Å². The molecule has 1 aromatic heterocycles. The quantitative estimate of drug-likeness (QED) is 0.195. The van der Waals surface area contributed by atoms with Crippen LogP contribution in [0.3, 0.4) is 0 Å². The summed E-state index contributed by atoms with van der Waals surface area (Å²) in [6, 6.07) is 47.7. The standard InChI is InChI=1S/C42H28O/c1-3-27-20-25-31(26-28(27)4-2)29-21-23-30(24-22-29)40-33-13-5-7-15-35(33)41(36-16-8-6-14-34(36)40)38-18-11-17-37-32-12-9-10-19-39(32)43-42(37)38/h3-26H,1-2H2. The largest absolute Gasteiger partial charge is 0.455 e. The lowest BCUT2D eigenvalue weighted by Crippen LogP contribution is -1.91. The molecular formula is C42H28O. The summed E-state index contributed by atoms with van der Waals surface area (Å²) in [4.78, 5) is 0. The predicted molar refractivity (Wildman–Crippen MR) is 185 cm³/mol. The second-order valence-electron chi connectivity index (χ2n) is 11.0. The Balaban J connectivity index is 1.37. The van der Waals surface area contributed by atoms with E-state index in [0.717, 1.165) is 44.2 Å². The second-order valence-corrected chi connectivity index (χ2v) is 11.0. The molecule has 1 nitrogen and oxygen atoms in total. The van der Waals surface area contributed by atoms with Crippen LogP contribution < -0.4 is 0 Å². The van der Waals surface area contributed by atoms with Crippen molar-refractivity contribution in [3.63, 3.8) is 0 Å². The number of furan rings is 1. The van der Waals surface area contributed by atoms with Crippen LogP contribution >= 0.6 is 0 Å². The fourth-order valence-electron chi connectivity index (χ4n) is 6.62. The van der Waals surface area contributed by atoms with Crippen molar-refractivity contribution in [3.05, 3.63) is 158 Å². The summed E-state index contributed by atoms with van der Waals surface area (Å²) >= 11 is 0. The maximum absolute atomic E-state index is 6.53. The fraction of sp³-hybridized carbons (Fsp3) is 0. The van der Waals surface area contributed by atoms with Crippen molar-refractivity contribution in [2.45, 2.75) is 0 Å². The highest BCUT2D eigenvalue weighted by Crippen LogP contribution is 2.46. The van der Waals surface area contributed by atoms with E-state index in [9.17, 15) is 0 Å². The first-order valence-corrected chi connectivity index (χ1v) is 14.6. The third kappa shape index (κ3) is 3.94. The summed E-state index contributed by atoms with van der Waals surface area (Å²) in [5.74, 6) is 0. The normalized spacial score (nSPS) is 11.4. The Kier molecular flexibility index (Phi) is 5.84. The minimum absolute atomic E-state index is 0.912. The second kappa shape index (κ2) is 10.0. The molecule has 202 valence electrons. The molecule has 0 aliphatic rings. The van der Waals surface area contributed by atoms with Crippen molar-refractivity contribution in [3.8, 4) is 33.4 Å². The van der Waals surface area contributed by atoms with E-state index in [4.69, 9.17) is 4.42 Å². The Bertz CT molecular complexity index is 2310. The van der Waals surface area contributed by atoms with Gasteiger partial charge in [-0.2, -0.15) is 0 Å². The van der Waals surface area contributed by atoms with Crippen molar-refractivity contribution >= 4 is 55.6 Å². The summed E-state index contributed by atoms with van der Waals surface area (Å²) in [6.07, 6.45) is 3.76. The fourth-order valence-corrected chi connectivity index (χ4v) is 6.62. The van der Waals surface area contributed by atoms with Crippen LogP contribution in [-0.2, 0) is 0 Å². The summed E-state index contributed by atoms with van der Waals surface area (Å²) in [6.45, 7) is 7.92. The maximum Gasteiger partial charge on any atom is 0.143 e. The van der Waals surface area contributed by atoms with Crippen molar-refractivity contribution < 1.29 is 4.42 Å². The van der Waals surface area contributed by atoms with Gasteiger partial charge in [-0.1, -0.05) is 147 Å². The molecule has 0 saturated carbocycles. The van der Waals surface area contributed by atoms with Crippen molar-refractivity contribution in [2.75, 3.05) is 0 Å². The lowest BCUT2D eigenvalue weighted by atomic mass is 9.85. The average Bonchev–Trinajstić information content (AvgIpc) is 3.46. The van der Waals surface area contributed by atoms with Crippen LogP contribution in [0, 0.1) is 0 Å². The van der Waals surface area contributed by atoms with Gasteiger partial charge in [0.25, 0.3) is 0 Å². The highest BCUT2D eigenvalue weighted by Gasteiger charge is 2.20. The van der Waals surface area contributed by atoms with E-state index >= 15 is 0 Å². The van der Waals surface area contributed by atoms with Gasteiger partial charge in [0, 0.05) is 21.9 Å². The summed E-state index contributed by atoms with van der Waals surface area (Å²) < 4.78 is 6.53. The SMILES string of the molecule is C=Cc1ccc(-c2ccc(-c3c4ccccc4c(-c4cccc5c4oc4ccccc45)c4ccccc34)cc2)cc1C=C. The molecule has 0 saturated heterocycles. The van der Waals surface area contributed by atoms with Crippen LogP contribution in [-0.4, -0.2) is 0 Å². The number of para-hydroxylation sites is 2. The molecule has 0 spiro atoms. The van der Waals surface area contributed by atoms with Crippen LogP contribution in [0.2, 0.25) is 0 Å². The third-order valence-electron chi connectivity index (χ3n) is 8.64. The number of rotatable bonds is 5. The Morgan fingerprint density at radius 3 is 1.60 bits per heavy atom. The molecule has 0 radical (unpaired) electrons. The Labute approximate surface area is 250 Å². The molecule has 43 heavy (non-hydrogen) atoms. The first kappa shape index (κ1) is 25.1. The predicted octanol–water partition coefficient (Wildman–Crippen LogP) is 12.2. The van der Waals surface area contributed by atoms with Crippen LogP contribution in [0.4, 0.5) is 0 Å². The van der Waals surface area contributed by atoms with Gasteiger partial charge in [0.15, 0.2) is 0 Å². The monoisotopic (exact) mass is 548 g/mol. The number of hydrogen-bond donors (Lipinski definition) is 0. The first-order valence-electron chi connectivity index (χ1n) is 14.6. The zero-order valence-electron chi connectivity index (χ0n) is 23.7. The molecule has 0 N–H and O–H groups in total. The molecule has 0 bridgehead atoms. The van der Waals surface area contributed by atoms with E-state index in [0.29, 0.717) is 0 Å². The van der Waals surface area contributed by atoms with Gasteiger partial charge in [0.1, 0.15) is 11.2 Å². The molecule has 1 heterocycles. The van der Waals surface area contributed by atoms with E-state index < -0.39 is 0 Å². The molecule has 1 heteroatoms. The number of hydrogen-bond acceptors (Lipinski definition) is 1. The highest BCUT2D eigenvalue weighted by atomic mass is 16.3. The van der Waals surface area contributed by atoms with E-state index in [-0.39, 0.29) is 0 Å². The van der Waals surface area contributed by atoms with E-state index in [2.05, 4.69) is 134 Å². The zero-order valence-corrected chi connectivity index (χ0v) is 23.7. The third-order valence-corrected chi connectivity index (χ3v) is 8.64. The lowest BCUT2D eigenvalue weighted by molar-refractivity contribution is 0.670. The van der Waals surface area contributed by atoms with Crippen molar-refractivity contribution in [1.82, 2.24) is 0 Å². The Hall–Kier alpha value is -5.66. The molecule has 0 unspecified atom stereocenters. The van der Waals surface area contributed by atoms with E-state index in [1.165, 1.54) is 43.8 Å². The molecule has 0 amide bonds. The Morgan fingerprint density at radius 2 is 0.953 bits per heavy atom. The first-order chi connectivity index (χ1) is 21.2. The van der Waals surface area contributed by atoms with Gasteiger partial charge in [-0.25, -0.2) is 0 Å². The molecular weight excluding hydrogens is 520 g/mol. The van der Waals surface area contributed by atoms with Crippen LogP contribution in [0.5, 0.6) is 0 Å². The van der Waals surface area contributed by atoms with E-state index in [1.807, 2.05) is 24.3 Å². The molecule has 8 rings (SSSR count). The molecule has 8 aromatic rings. The van der Waals surface area contributed by atoms with Crippen molar-refractivity contribution in [2.24, 2.45) is 0 Å². The maximum atomic E-state index is 6.53. The summed E-state index contributed by atoms with van der Waals surface area (Å²) in [5.41, 5.74) is 11.1. The summed E-state index contributed by atoms with van der Waals surface area (Å²) in [7, 11) is 0. The van der Waals surface area contributed by atoms with Gasteiger partial charge in [0.2, 0.25) is 0 Å². The molecule has 0 fully saturated rings. The Morgan fingerprint density at radius 1 is 0.419 bits per heavy atom. The minimum Gasteiger partial charge on any atom is -0.455 e.